The first-order valence-electron chi connectivity index (χ1n) is 24.5. The normalized spacial score (nSPS) is 14.8. The van der Waals surface area contributed by atoms with Gasteiger partial charge in [0.15, 0.2) is 0 Å². The van der Waals surface area contributed by atoms with Gasteiger partial charge in [0.05, 0.1) is 0 Å². The van der Waals surface area contributed by atoms with E-state index in [1.165, 1.54) is 248 Å². The Kier molecular flexibility index (Phi) is 3.63. The molecule has 0 aromatic heterocycles. The summed E-state index contributed by atoms with van der Waals surface area (Å²) in [6.07, 6.45) is 0. The van der Waals surface area contributed by atoms with Crippen LogP contribution >= 0.6 is 0 Å². The van der Waals surface area contributed by atoms with Gasteiger partial charge in [0.2, 0.25) is 0 Å². The molecule has 24 aromatic rings. The fourth-order valence-electron chi connectivity index (χ4n) is 17.9. The molecule has 0 unspecified atom stereocenters. The van der Waals surface area contributed by atoms with Crippen molar-refractivity contribution in [1.82, 2.24) is 0 Å². The molecule has 0 heterocycles. The molecule has 0 amide bonds. The van der Waals surface area contributed by atoms with Gasteiger partial charge in [-0.3, -0.25) is 0 Å². The molecule has 24 aromatic carbocycles. The average Bonchev–Trinajstić information content (AvgIpc) is 3.37. The third kappa shape index (κ3) is 2.38. The Hall–Kier alpha value is -8.84. The zero-order chi connectivity index (χ0) is 42.1. The number of benzene rings is 24. The fraction of sp³-hybridized carbons (Fsp3) is 0. The van der Waals surface area contributed by atoms with Crippen LogP contribution in [0.25, 0.3) is 248 Å². The van der Waals surface area contributed by atoms with Gasteiger partial charge >= 0.3 is 0 Å². The van der Waals surface area contributed by atoms with Crippen molar-refractivity contribution in [1.29, 1.82) is 0 Å². The van der Waals surface area contributed by atoms with Gasteiger partial charge in [-0.05, 0) is 296 Å². The Bertz CT molecular complexity index is 6030. The minimum Gasteiger partial charge on any atom is -0.0610 e. The molecule has 0 radical (unpaired) electrons. The minimum atomic E-state index is 1.35. The van der Waals surface area contributed by atoms with Crippen LogP contribution in [0.1, 0.15) is 0 Å². The van der Waals surface area contributed by atoms with Crippen LogP contribution in [0.2, 0.25) is 0 Å². The van der Waals surface area contributed by atoms with Crippen LogP contribution in [0.3, 0.4) is 0 Å². The molecular formula is C68H22. The Morgan fingerprint density at radius 2 is 0.324 bits per heavy atom. The molecule has 0 aliphatic rings. The van der Waals surface area contributed by atoms with Crippen LogP contribution in [-0.2, 0) is 0 Å². The van der Waals surface area contributed by atoms with E-state index in [1.807, 2.05) is 0 Å². The number of hydrogen-bond acceptors (Lipinski definition) is 0. The number of hydrogen-bond donors (Lipinski definition) is 0. The number of rotatable bonds is 0. The van der Waals surface area contributed by atoms with Crippen LogP contribution in [0, 0.1) is 0 Å². The quantitative estimate of drug-likeness (QED) is 0.105. The predicted molar refractivity (Wildman–Crippen MR) is 297 cm³/mol. The molecule has 0 saturated heterocycles. The van der Waals surface area contributed by atoms with E-state index < -0.39 is 0 Å². The summed E-state index contributed by atoms with van der Waals surface area (Å²) in [6, 6.07) is 54.3. The summed E-state index contributed by atoms with van der Waals surface area (Å²) < 4.78 is 0. The van der Waals surface area contributed by atoms with Crippen molar-refractivity contribution >= 4 is 248 Å². The summed E-state index contributed by atoms with van der Waals surface area (Å²) in [5.74, 6) is 0. The lowest BCUT2D eigenvalue weighted by atomic mass is 9.68. The molecule has 0 fully saturated rings. The van der Waals surface area contributed by atoms with Gasteiger partial charge in [-0.15, -0.1) is 0 Å². The topological polar surface area (TPSA) is 0 Å². The van der Waals surface area contributed by atoms with Gasteiger partial charge in [-0.1, -0.05) is 84.9 Å². The smallest absolute Gasteiger partial charge is 0.00000150 e. The second-order valence-electron chi connectivity index (χ2n) is 21.9. The predicted octanol–water partition coefficient (Wildman–Crippen LogP) is 19.8. The van der Waals surface area contributed by atoms with E-state index in [1.54, 1.807) is 0 Å². The number of fused-ring (bicyclic) bond motifs is 2. The summed E-state index contributed by atoms with van der Waals surface area (Å²) in [5, 5.41) is 66.3. The Balaban J connectivity index is 1.20. The molecule has 0 spiro atoms. The molecule has 0 aliphatic heterocycles. The Labute approximate surface area is 379 Å². The molecular weight excluding hydrogens is 817 g/mol. The third-order valence-corrected chi connectivity index (χ3v) is 19.7. The average molecular weight is 839 g/mol. The van der Waals surface area contributed by atoms with Crippen LogP contribution in [0.4, 0.5) is 0 Å². The Morgan fingerprint density at radius 1 is 0.118 bits per heavy atom. The van der Waals surface area contributed by atoms with Crippen molar-refractivity contribution in [2.45, 2.75) is 0 Å². The molecule has 0 atom stereocenters. The van der Waals surface area contributed by atoms with Gasteiger partial charge in [0, 0.05) is 0 Å². The largest absolute Gasteiger partial charge is 0.0610 e. The highest BCUT2D eigenvalue weighted by Gasteiger charge is 2.38. The molecule has 294 valence electrons. The second-order valence-corrected chi connectivity index (χ2v) is 21.9. The van der Waals surface area contributed by atoms with Crippen LogP contribution in [0.5, 0.6) is 0 Å². The first kappa shape index (κ1) is 29.6. The van der Waals surface area contributed by atoms with Crippen molar-refractivity contribution < 1.29 is 0 Å². The Morgan fingerprint density at radius 3 is 0.676 bits per heavy atom. The van der Waals surface area contributed by atoms with E-state index >= 15 is 0 Å². The summed E-state index contributed by atoms with van der Waals surface area (Å²) in [6.45, 7) is 0. The highest BCUT2D eigenvalue weighted by molar-refractivity contribution is 6.69. The summed E-state index contributed by atoms with van der Waals surface area (Å²) in [4.78, 5) is 0. The lowest BCUT2D eigenvalue weighted by Crippen LogP contribution is -2.04. The fourth-order valence-corrected chi connectivity index (χ4v) is 17.9. The standard InChI is InChI=1S/C68H22/c1-3-25-15-29-19-33-21-31-18-28-10-8-24-12-14-38-36-6-2-4-26-16-30-20-34-22-32-17-27-9-7-23-11-13-37-35(5-1)39(25)53-45(29)57-49(33)59-48(31)56-44(28)42(24)52(38)62-54(40(26)36)46(30)58-50(34)60-47(32)55-43(27)41(23)51(37)61(53)63(55)65(57)67(60)68(59)66(58)64(56)62/h1-22H. The van der Waals surface area contributed by atoms with Crippen molar-refractivity contribution in [3.05, 3.63) is 133 Å². The molecule has 0 aliphatic carbocycles. The zero-order valence-electron chi connectivity index (χ0n) is 35.7. The summed E-state index contributed by atoms with van der Waals surface area (Å²) >= 11 is 0. The molecule has 0 nitrogen and oxygen atoms in total. The van der Waals surface area contributed by atoms with Crippen LogP contribution in [0.15, 0.2) is 133 Å². The van der Waals surface area contributed by atoms with E-state index in [0.29, 0.717) is 0 Å². The first-order valence-corrected chi connectivity index (χ1v) is 24.5. The maximum atomic E-state index is 2.61. The van der Waals surface area contributed by atoms with Crippen LogP contribution < -0.4 is 0 Å². The van der Waals surface area contributed by atoms with Crippen molar-refractivity contribution in [2.24, 2.45) is 0 Å². The second kappa shape index (κ2) is 8.32. The third-order valence-electron chi connectivity index (χ3n) is 19.7. The van der Waals surface area contributed by atoms with Crippen molar-refractivity contribution in [2.75, 3.05) is 0 Å². The van der Waals surface area contributed by atoms with Gasteiger partial charge in [-0.25, -0.2) is 0 Å². The lowest BCUT2D eigenvalue weighted by Gasteiger charge is -2.33. The van der Waals surface area contributed by atoms with Crippen molar-refractivity contribution in [3.8, 4) is 0 Å². The van der Waals surface area contributed by atoms with E-state index in [2.05, 4.69) is 133 Å². The highest BCUT2D eigenvalue weighted by atomic mass is 14.4. The maximum absolute atomic E-state index is 2.61. The van der Waals surface area contributed by atoms with Gasteiger partial charge in [0.25, 0.3) is 0 Å². The highest BCUT2D eigenvalue weighted by Crippen LogP contribution is 2.67. The summed E-state index contributed by atoms with van der Waals surface area (Å²) in [5.41, 5.74) is 0. The molecule has 0 bridgehead atoms. The minimum absolute atomic E-state index is 1.35. The van der Waals surface area contributed by atoms with Gasteiger partial charge < -0.3 is 0 Å². The first-order chi connectivity index (χ1) is 33.8. The van der Waals surface area contributed by atoms with Gasteiger partial charge in [-0.2, -0.15) is 0 Å². The molecule has 68 heavy (non-hydrogen) atoms. The van der Waals surface area contributed by atoms with Crippen LogP contribution in [-0.4, -0.2) is 0 Å². The molecule has 0 heteroatoms. The lowest BCUT2D eigenvalue weighted by molar-refractivity contribution is 1.83. The SMILES string of the molecule is c1cc2cc3cc4cc5cc6ccc7ccc8c9cccc%10cc%11cc%12cc%13cc%14ccc%15ccc%16c(c1)c2c1c3c2c4c3c5c4c6c7c8c5c(c%109)c%11c6c%12c7c%13c8c%14c%15c%16c1c8c2c7c3c6c45. The molecule has 24 rings (SSSR count). The molecule has 0 N–H and O–H groups in total. The van der Waals surface area contributed by atoms with E-state index in [4.69, 9.17) is 0 Å². The summed E-state index contributed by atoms with van der Waals surface area (Å²) in [7, 11) is 0. The van der Waals surface area contributed by atoms with E-state index in [-0.39, 0.29) is 0 Å². The van der Waals surface area contributed by atoms with E-state index in [0.717, 1.165) is 0 Å². The van der Waals surface area contributed by atoms with Crippen molar-refractivity contribution in [3.63, 3.8) is 0 Å². The van der Waals surface area contributed by atoms with Gasteiger partial charge in [0.1, 0.15) is 0 Å². The monoisotopic (exact) mass is 838 g/mol. The zero-order valence-corrected chi connectivity index (χ0v) is 35.7. The maximum Gasteiger partial charge on any atom is -0.00000150 e. The van der Waals surface area contributed by atoms with E-state index in [9.17, 15) is 0 Å². The molecule has 0 saturated carbocycles.